The maximum atomic E-state index is 12.9. The van der Waals surface area contributed by atoms with Crippen molar-refractivity contribution in [3.63, 3.8) is 0 Å². The number of amides is 1. The largest absolute Gasteiger partial charge is 0.416 e. The number of nitrogens with zero attached hydrogens (tertiary/aromatic N) is 1. The summed E-state index contributed by atoms with van der Waals surface area (Å²) in [6.45, 7) is 5.04. The van der Waals surface area contributed by atoms with E-state index in [-0.39, 0.29) is 30.3 Å². The fourth-order valence-electron chi connectivity index (χ4n) is 3.10. The van der Waals surface area contributed by atoms with E-state index >= 15 is 0 Å². The predicted molar refractivity (Wildman–Crippen MR) is 93.6 cm³/mol. The molecule has 8 heteroatoms. The summed E-state index contributed by atoms with van der Waals surface area (Å²) in [5.74, 6) is -0.142. The minimum absolute atomic E-state index is 0. The molecular formula is C17H25ClF3N3O. The molecule has 0 aliphatic carbocycles. The molecule has 1 aliphatic heterocycles. The van der Waals surface area contributed by atoms with Crippen LogP contribution in [0.3, 0.4) is 0 Å². The molecule has 0 radical (unpaired) electrons. The van der Waals surface area contributed by atoms with Crippen LogP contribution >= 0.6 is 12.4 Å². The van der Waals surface area contributed by atoms with Gasteiger partial charge in [-0.05, 0) is 30.0 Å². The molecule has 0 aromatic heterocycles. The lowest BCUT2D eigenvalue weighted by molar-refractivity contribution is -0.137. The maximum Gasteiger partial charge on any atom is 0.416 e. The smallest absolute Gasteiger partial charge is 0.358 e. The Hall–Kier alpha value is -1.31. The average Bonchev–Trinajstić information content (AvgIpc) is 2.92. The molecule has 2 N–H and O–H groups in total. The SMILES string of the molecule is CNC(=O)CN(Cc1cccc(C(F)(F)F)c1)CC1(C)CCNC1.Cl. The van der Waals surface area contributed by atoms with Gasteiger partial charge in [0.1, 0.15) is 0 Å². The number of benzene rings is 1. The monoisotopic (exact) mass is 379 g/mol. The van der Waals surface area contributed by atoms with Gasteiger partial charge in [-0.3, -0.25) is 9.69 Å². The van der Waals surface area contributed by atoms with Gasteiger partial charge in [0.05, 0.1) is 12.1 Å². The zero-order chi connectivity index (χ0) is 17.8. The Balaban J connectivity index is 0.00000312. The second-order valence-corrected chi connectivity index (χ2v) is 6.75. The van der Waals surface area contributed by atoms with Crippen LogP contribution in [0, 0.1) is 5.41 Å². The first-order valence-electron chi connectivity index (χ1n) is 8.02. The summed E-state index contributed by atoms with van der Waals surface area (Å²) < 4.78 is 38.6. The minimum atomic E-state index is -4.36. The van der Waals surface area contributed by atoms with Gasteiger partial charge in [0.15, 0.2) is 0 Å². The Kier molecular flexibility index (Phi) is 7.71. The molecule has 1 aliphatic rings. The zero-order valence-corrected chi connectivity index (χ0v) is 15.3. The molecule has 1 unspecified atom stereocenters. The number of carbonyl (C=O) groups is 1. The Bertz CT molecular complexity index is 575. The third kappa shape index (κ3) is 6.49. The lowest BCUT2D eigenvalue weighted by Gasteiger charge is -2.31. The molecule has 1 aromatic carbocycles. The lowest BCUT2D eigenvalue weighted by Crippen LogP contribution is -2.42. The lowest BCUT2D eigenvalue weighted by atomic mass is 9.89. The Labute approximate surface area is 152 Å². The number of alkyl halides is 3. The molecule has 2 rings (SSSR count). The summed E-state index contributed by atoms with van der Waals surface area (Å²) in [7, 11) is 1.56. The van der Waals surface area contributed by atoms with Crippen LogP contribution in [-0.4, -0.2) is 44.0 Å². The summed E-state index contributed by atoms with van der Waals surface area (Å²) in [5, 5.41) is 5.88. The van der Waals surface area contributed by atoms with Crippen LogP contribution in [0.5, 0.6) is 0 Å². The quantitative estimate of drug-likeness (QED) is 0.798. The number of rotatable bonds is 6. The van der Waals surface area contributed by atoms with Crippen molar-refractivity contribution in [1.29, 1.82) is 0 Å². The van der Waals surface area contributed by atoms with Crippen molar-refractivity contribution in [2.45, 2.75) is 26.1 Å². The van der Waals surface area contributed by atoms with Crippen molar-refractivity contribution in [2.24, 2.45) is 5.41 Å². The van der Waals surface area contributed by atoms with E-state index in [1.807, 2.05) is 4.90 Å². The van der Waals surface area contributed by atoms with Crippen molar-refractivity contribution >= 4 is 18.3 Å². The first kappa shape index (κ1) is 21.7. The topological polar surface area (TPSA) is 44.4 Å². The Morgan fingerprint density at radius 2 is 2.12 bits per heavy atom. The van der Waals surface area contributed by atoms with Gasteiger partial charge in [-0.1, -0.05) is 25.1 Å². The Morgan fingerprint density at radius 1 is 1.40 bits per heavy atom. The molecule has 1 saturated heterocycles. The van der Waals surface area contributed by atoms with Gasteiger partial charge in [-0.2, -0.15) is 13.2 Å². The highest BCUT2D eigenvalue weighted by molar-refractivity contribution is 5.85. The molecule has 1 aromatic rings. The standard InChI is InChI=1S/C17H24F3N3O.ClH/c1-16(6-7-22-11-16)12-23(10-15(24)21-2)9-13-4-3-5-14(8-13)17(18,19)20;/h3-5,8,22H,6-7,9-12H2,1-2H3,(H,21,24);1H. The second kappa shape index (κ2) is 8.87. The van der Waals surface area contributed by atoms with Gasteiger partial charge >= 0.3 is 6.18 Å². The summed E-state index contributed by atoms with van der Waals surface area (Å²) in [5.41, 5.74) is -0.0766. The highest BCUT2D eigenvalue weighted by atomic mass is 35.5. The van der Waals surface area contributed by atoms with Gasteiger partial charge in [-0.25, -0.2) is 0 Å². The van der Waals surface area contributed by atoms with Crippen LogP contribution < -0.4 is 10.6 Å². The van der Waals surface area contributed by atoms with Gasteiger partial charge in [0.25, 0.3) is 0 Å². The van der Waals surface area contributed by atoms with Crippen LogP contribution in [0.25, 0.3) is 0 Å². The summed E-state index contributed by atoms with van der Waals surface area (Å²) in [4.78, 5) is 13.7. The Morgan fingerprint density at radius 3 is 2.68 bits per heavy atom. The molecule has 25 heavy (non-hydrogen) atoms. The van der Waals surface area contributed by atoms with Crippen LogP contribution in [0.4, 0.5) is 13.2 Å². The summed E-state index contributed by atoms with van der Waals surface area (Å²) in [6.07, 6.45) is -3.37. The number of hydrogen-bond acceptors (Lipinski definition) is 3. The van der Waals surface area contributed by atoms with Crippen molar-refractivity contribution in [3.05, 3.63) is 35.4 Å². The summed E-state index contributed by atoms with van der Waals surface area (Å²) >= 11 is 0. The number of nitrogens with one attached hydrogen (secondary N) is 2. The van der Waals surface area contributed by atoms with E-state index in [0.717, 1.165) is 31.6 Å². The van der Waals surface area contributed by atoms with Crippen LogP contribution in [-0.2, 0) is 17.5 Å². The van der Waals surface area contributed by atoms with E-state index in [0.29, 0.717) is 18.7 Å². The van der Waals surface area contributed by atoms with Gasteiger partial charge < -0.3 is 10.6 Å². The van der Waals surface area contributed by atoms with Crippen LogP contribution in [0.1, 0.15) is 24.5 Å². The molecular weight excluding hydrogens is 355 g/mol. The fourth-order valence-corrected chi connectivity index (χ4v) is 3.10. The summed E-state index contributed by atoms with van der Waals surface area (Å²) in [6, 6.07) is 5.30. The number of halogens is 4. The van der Waals surface area contributed by atoms with E-state index in [4.69, 9.17) is 0 Å². The van der Waals surface area contributed by atoms with E-state index in [1.165, 1.54) is 6.07 Å². The molecule has 4 nitrogen and oxygen atoms in total. The highest BCUT2D eigenvalue weighted by Gasteiger charge is 2.32. The fraction of sp³-hybridized carbons (Fsp3) is 0.588. The van der Waals surface area contributed by atoms with Crippen molar-refractivity contribution in [2.75, 3.05) is 33.2 Å². The van der Waals surface area contributed by atoms with E-state index in [2.05, 4.69) is 17.6 Å². The number of carbonyl (C=O) groups excluding carboxylic acids is 1. The van der Waals surface area contributed by atoms with E-state index < -0.39 is 11.7 Å². The normalized spacial score (nSPS) is 20.4. The van der Waals surface area contributed by atoms with E-state index in [9.17, 15) is 18.0 Å². The molecule has 0 bridgehead atoms. The average molecular weight is 380 g/mol. The highest BCUT2D eigenvalue weighted by Crippen LogP contribution is 2.30. The van der Waals surface area contributed by atoms with Crippen LogP contribution in [0.15, 0.2) is 24.3 Å². The first-order chi connectivity index (χ1) is 11.2. The van der Waals surface area contributed by atoms with Gasteiger partial charge in [0.2, 0.25) is 5.91 Å². The molecule has 142 valence electrons. The van der Waals surface area contributed by atoms with Crippen molar-refractivity contribution in [1.82, 2.24) is 15.5 Å². The minimum Gasteiger partial charge on any atom is -0.358 e. The molecule has 1 atom stereocenters. The van der Waals surface area contributed by atoms with Crippen molar-refractivity contribution in [3.8, 4) is 0 Å². The maximum absolute atomic E-state index is 12.9. The van der Waals surface area contributed by atoms with Gasteiger partial charge in [-0.15, -0.1) is 12.4 Å². The zero-order valence-electron chi connectivity index (χ0n) is 14.4. The third-order valence-electron chi connectivity index (χ3n) is 4.37. The van der Waals surface area contributed by atoms with E-state index in [1.54, 1.807) is 13.1 Å². The third-order valence-corrected chi connectivity index (χ3v) is 4.37. The molecule has 0 saturated carbocycles. The van der Waals surface area contributed by atoms with Gasteiger partial charge in [0, 0.05) is 26.7 Å². The second-order valence-electron chi connectivity index (χ2n) is 6.75. The molecule has 0 spiro atoms. The van der Waals surface area contributed by atoms with Crippen molar-refractivity contribution < 1.29 is 18.0 Å². The van der Waals surface area contributed by atoms with Crippen LogP contribution in [0.2, 0.25) is 0 Å². The predicted octanol–water partition coefficient (Wildman–Crippen LogP) is 2.67. The first-order valence-corrected chi connectivity index (χ1v) is 8.02. The molecule has 1 heterocycles. The molecule has 1 amide bonds. The number of likely N-dealkylation sites (N-methyl/N-ethyl adjacent to an activating group) is 1. The number of hydrogen-bond donors (Lipinski definition) is 2. The molecule has 1 fully saturated rings.